The number of nitrogens with two attached hydrogens (primary N) is 1. The van der Waals surface area contributed by atoms with E-state index in [2.05, 4.69) is 21.2 Å². The number of hydrogen-bond acceptors (Lipinski definition) is 3. The standard InChI is InChI=1S/C11H11BrClN3O/c12-9-10(14)16(13)11(17)8(15-9)6-7-4-2-1-3-5-7/h1-5,8,15H,6,14H2. The van der Waals surface area contributed by atoms with Crippen molar-refractivity contribution >= 4 is 33.6 Å². The minimum absolute atomic E-state index is 0.181. The van der Waals surface area contributed by atoms with Crippen molar-refractivity contribution in [1.82, 2.24) is 9.74 Å². The zero-order valence-electron chi connectivity index (χ0n) is 8.86. The first kappa shape index (κ1) is 12.3. The molecule has 4 nitrogen and oxygen atoms in total. The van der Waals surface area contributed by atoms with Crippen LogP contribution in [0, 0.1) is 0 Å². The zero-order valence-corrected chi connectivity index (χ0v) is 11.2. The van der Waals surface area contributed by atoms with E-state index in [9.17, 15) is 4.79 Å². The topological polar surface area (TPSA) is 58.4 Å². The Bertz CT molecular complexity index is 463. The van der Waals surface area contributed by atoms with Gasteiger partial charge in [0.25, 0.3) is 5.91 Å². The summed E-state index contributed by atoms with van der Waals surface area (Å²) in [5, 5.41) is 2.99. The lowest BCUT2D eigenvalue weighted by Crippen LogP contribution is -2.49. The SMILES string of the molecule is NC1=C(Br)NC(Cc2ccccc2)C(=O)N1Cl. The molecular formula is C11H11BrClN3O. The van der Waals surface area contributed by atoms with Crippen LogP contribution in [0.1, 0.15) is 5.56 Å². The summed E-state index contributed by atoms with van der Waals surface area (Å²) in [5.41, 5.74) is 6.67. The van der Waals surface area contributed by atoms with E-state index in [1.807, 2.05) is 30.3 Å². The molecule has 1 aromatic carbocycles. The molecule has 3 N–H and O–H groups in total. The maximum Gasteiger partial charge on any atom is 0.265 e. The molecule has 0 spiro atoms. The van der Waals surface area contributed by atoms with Gasteiger partial charge in [-0.15, -0.1) is 0 Å². The van der Waals surface area contributed by atoms with E-state index in [0.717, 1.165) is 9.98 Å². The Morgan fingerprint density at radius 3 is 2.71 bits per heavy atom. The number of hydrogen-bond donors (Lipinski definition) is 2. The molecule has 0 saturated carbocycles. The first-order chi connectivity index (χ1) is 8.09. The minimum atomic E-state index is -0.406. The third-order valence-electron chi connectivity index (χ3n) is 2.51. The Morgan fingerprint density at radius 1 is 1.41 bits per heavy atom. The van der Waals surface area contributed by atoms with Crippen LogP contribution in [-0.2, 0) is 11.2 Å². The van der Waals surface area contributed by atoms with Crippen LogP contribution >= 0.6 is 27.7 Å². The third-order valence-corrected chi connectivity index (χ3v) is 3.50. The molecule has 1 aliphatic heterocycles. The number of carbonyl (C=O) groups is 1. The molecule has 1 atom stereocenters. The highest BCUT2D eigenvalue weighted by Crippen LogP contribution is 2.21. The van der Waals surface area contributed by atoms with Crippen molar-refractivity contribution in [2.45, 2.75) is 12.5 Å². The molecule has 0 bridgehead atoms. The monoisotopic (exact) mass is 315 g/mol. The van der Waals surface area contributed by atoms with Gasteiger partial charge in [-0.25, -0.2) is 4.42 Å². The fourth-order valence-corrected chi connectivity index (χ4v) is 2.38. The van der Waals surface area contributed by atoms with Crippen LogP contribution in [0.5, 0.6) is 0 Å². The Balaban J connectivity index is 2.16. The smallest absolute Gasteiger partial charge is 0.265 e. The van der Waals surface area contributed by atoms with Crippen molar-refractivity contribution in [3.05, 3.63) is 46.3 Å². The molecule has 1 aromatic rings. The Kier molecular flexibility index (Phi) is 3.59. The number of nitrogens with one attached hydrogen (secondary N) is 1. The summed E-state index contributed by atoms with van der Waals surface area (Å²) < 4.78 is 1.47. The summed E-state index contributed by atoms with van der Waals surface area (Å²) in [4.78, 5) is 11.9. The van der Waals surface area contributed by atoms with Crippen molar-refractivity contribution in [2.75, 3.05) is 0 Å². The number of nitrogens with zero attached hydrogens (tertiary/aromatic N) is 1. The average Bonchev–Trinajstić information content (AvgIpc) is 2.35. The van der Waals surface area contributed by atoms with E-state index >= 15 is 0 Å². The van der Waals surface area contributed by atoms with Crippen LogP contribution in [0.2, 0.25) is 0 Å². The molecule has 0 aromatic heterocycles. The molecule has 0 fully saturated rings. The van der Waals surface area contributed by atoms with E-state index in [1.165, 1.54) is 0 Å². The van der Waals surface area contributed by atoms with Gasteiger partial charge in [0.15, 0.2) is 5.82 Å². The number of rotatable bonds is 2. The summed E-state index contributed by atoms with van der Waals surface area (Å²) in [6.45, 7) is 0. The van der Waals surface area contributed by atoms with Crippen LogP contribution in [0.3, 0.4) is 0 Å². The Labute approximate surface area is 113 Å². The molecular weight excluding hydrogens is 305 g/mol. The molecule has 6 heteroatoms. The van der Waals surface area contributed by atoms with Gasteiger partial charge in [-0.1, -0.05) is 30.3 Å². The second-order valence-corrected chi connectivity index (χ2v) is 4.84. The normalized spacial score (nSPS) is 20.5. The highest BCUT2D eigenvalue weighted by molar-refractivity contribution is 9.11. The average molecular weight is 317 g/mol. The molecule has 0 radical (unpaired) electrons. The molecule has 0 saturated heterocycles. The molecule has 90 valence electrons. The molecule has 2 rings (SSSR count). The van der Waals surface area contributed by atoms with Gasteiger partial charge in [-0.2, -0.15) is 0 Å². The highest BCUT2D eigenvalue weighted by Gasteiger charge is 2.31. The summed E-state index contributed by atoms with van der Waals surface area (Å²) in [7, 11) is 0. The largest absolute Gasteiger partial charge is 0.382 e. The van der Waals surface area contributed by atoms with Crippen molar-refractivity contribution < 1.29 is 4.79 Å². The molecule has 17 heavy (non-hydrogen) atoms. The zero-order chi connectivity index (χ0) is 12.4. The summed E-state index contributed by atoms with van der Waals surface area (Å²) in [6.07, 6.45) is 0.561. The second kappa shape index (κ2) is 4.98. The lowest BCUT2D eigenvalue weighted by atomic mass is 10.0. The van der Waals surface area contributed by atoms with Gasteiger partial charge < -0.3 is 11.1 Å². The predicted octanol–water partition coefficient (Wildman–Crippen LogP) is 1.66. The van der Waals surface area contributed by atoms with Crippen LogP contribution in [-0.4, -0.2) is 16.4 Å². The molecule has 0 aliphatic carbocycles. The van der Waals surface area contributed by atoms with Gasteiger partial charge in [-0.3, -0.25) is 4.79 Å². The maximum absolute atomic E-state index is 11.9. The van der Waals surface area contributed by atoms with E-state index in [1.54, 1.807) is 0 Å². The van der Waals surface area contributed by atoms with Gasteiger partial charge >= 0.3 is 0 Å². The predicted molar refractivity (Wildman–Crippen MR) is 69.9 cm³/mol. The summed E-state index contributed by atoms with van der Waals surface area (Å²) >= 11 is 9.04. The fraction of sp³-hybridized carbons (Fsp3) is 0.182. The van der Waals surface area contributed by atoms with Gasteiger partial charge in [0, 0.05) is 18.2 Å². The van der Waals surface area contributed by atoms with Crippen LogP contribution < -0.4 is 11.1 Å². The number of benzene rings is 1. The summed E-state index contributed by atoms with van der Waals surface area (Å²) in [6, 6.07) is 9.31. The van der Waals surface area contributed by atoms with Gasteiger partial charge in [0.2, 0.25) is 0 Å². The highest BCUT2D eigenvalue weighted by atomic mass is 79.9. The molecule has 1 amide bonds. The van der Waals surface area contributed by atoms with Crippen molar-refractivity contribution in [3.63, 3.8) is 0 Å². The first-order valence-electron chi connectivity index (χ1n) is 5.05. The van der Waals surface area contributed by atoms with Crippen molar-refractivity contribution in [2.24, 2.45) is 5.73 Å². The van der Waals surface area contributed by atoms with Crippen molar-refractivity contribution in [3.8, 4) is 0 Å². The van der Waals surface area contributed by atoms with E-state index < -0.39 is 6.04 Å². The Hall–Kier alpha value is -1.20. The van der Waals surface area contributed by atoms with Crippen LogP contribution in [0.4, 0.5) is 0 Å². The minimum Gasteiger partial charge on any atom is -0.382 e. The molecule has 1 heterocycles. The molecule has 1 aliphatic rings. The van der Waals surface area contributed by atoms with E-state index in [-0.39, 0.29) is 11.7 Å². The first-order valence-corrected chi connectivity index (χ1v) is 6.18. The van der Waals surface area contributed by atoms with Gasteiger partial charge in [0.05, 0.1) is 0 Å². The second-order valence-electron chi connectivity index (χ2n) is 3.70. The summed E-state index contributed by atoms with van der Waals surface area (Å²) in [5.74, 6) is -0.0720. The van der Waals surface area contributed by atoms with Crippen LogP contribution in [0.25, 0.3) is 0 Å². The van der Waals surface area contributed by atoms with Gasteiger partial charge in [0.1, 0.15) is 10.6 Å². The number of amides is 1. The molecule has 1 unspecified atom stereocenters. The van der Waals surface area contributed by atoms with E-state index in [0.29, 0.717) is 11.0 Å². The van der Waals surface area contributed by atoms with E-state index in [4.69, 9.17) is 17.5 Å². The Morgan fingerprint density at radius 2 is 2.06 bits per heavy atom. The third kappa shape index (κ3) is 2.56. The number of carbonyl (C=O) groups excluding carboxylic acids is 1. The lowest BCUT2D eigenvalue weighted by Gasteiger charge is -2.29. The van der Waals surface area contributed by atoms with Crippen LogP contribution in [0.15, 0.2) is 40.8 Å². The van der Waals surface area contributed by atoms with Crippen molar-refractivity contribution in [1.29, 1.82) is 0 Å². The number of halogens is 2. The quantitative estimate of drug-likeness (QED) is 0.644. The maximum atomic E-state index is 11.9. The lowest BCUT2D eigenvalue weighted by molar-refractivity contribution is -0.128. The van der Waals surface area contributed by atoms with Gasteiger partial charge in [-0.05, 0) is 21.5 Å². The fourth-order valence-electron chi connectivity index (χ4n) is 1.62.